The van der Waals surface area contributed by atoms with E-state index in [1.54, 1.807) is 18.2 Å². The van der Waals surface area contributed by atoms with Crippen molar-refractivity contribution in [2.24, 2.45) is 0 Å². The lowest BCUT2D eigenvalue weighted by Gasteiger charge is -2.03. The number of nitrogen functional groups attached to an aromatic ring is 1. The summed E-state index contributed by atoms with van der Waals surface area (Å²) in [6.07, 6.45) is 1.10. The first-order valence-electron chi connectivity index (χ1n) is 6.16. The van der Waals surface area contributed by atoms with Gasteiger partial charge in [-0.3, -0.25) is 0 Å². The third-order valence-corrected chi connectivity index (χ3v) is 4.85. The van der Waals surface area contributed by atoms with Crippen LogP contribution in [0.5, 0.6) is 0 Å². The predicted molar refractivity (Wildman–Crippen MR) is 86.6 cm³/mol. The zero-order valence-electron chi connectivity index (χ0n) is 11.3. The Balaban J connectivity index is 2.20. The van der Waals surface area contributed by atoms with Crippen LogP contribution in [0.25, 0.3) is 6.08 Å². The average Bonchev–Trinajstić information content (AvgIpc) is 2.41. The van der Waals surface area contributed by atoms with Gasteiger partial charge in [-0.15, -0.1) is 0 Å². The summed E-state index contributed by atoms with van der Waals surface area (Å²) in [5.74, 6) is -1.80. The smallest absolute Gasteiger partial charge is 0.175 e. The number of anilines is 1. The molecule has 0 aromatic heterocycles. The summed E-state index contributed by atoms with van der Waals surface area (Å²) in [6.45, 7) is 0. The minimum Gasteiger partial charge on any atom is -0.398 e. The highest BCUT2D eigenvalue weighted by atomic mass is 79.9. The minimum absolute atomic E-state index is 0.000273. The van der Waals surface area contributed by atoms with E-state index in [2.05, 4.69) is 15.9 Å². The molecule has 0 aliphatic heterocycles. The highest BCUT2D eigenvalue weighted by Crippen LogP contribution is 2.22. The molecule has 3 nitrogen and oxygen atoms in total. The molecule has 2 aromatic carbocycles. The summed E-state index contributed by atoms with van der Waals surface area (Å²) in [4.78, 5) is 0. The molecule has 0 bridgehead atoms. The van der Waals surface area contributed by atoms with Crippen molar-refractivity contribution in [2.75, 3.05) is 5.73 Å². The summed E-state index contributed by atoms with van der Waals surface area (Å²) >= 11 is 3.22. The van der Waals surface area contributed by atoms with Crippen LogP contribution in [0.3, 0.4) is 0 Å². The number of halogens is 3. The van der Waals surface area contributed by atoms with Gasteiger partial charge in [0, 0.05) is 27.2 Å². The molecule has 2 N–H and O–H groups in total. The molecule has 0 saturated carbocycles. The second-order valence-corrected chi connectivity index (χ2v) is 7.37. The molecule has 0 radical (unpaired) electrons. The molecule has 7 heteroatoms. The van der Waals surface area contributed by atoms with E-state index < -0.39 is 21.5 Å². The van der Waals surface area contributed by atoms with E-state index in [4.69, 9.17) is 5.73 Å². The fourth-order valence-electron chi connectivity index (χ4n) is 1.78. The second-order valence-electron chi connectivity index (χ2n) is 4.63. The SMILES string of the molecule is Nc1cc(CS(=O)(=O)C=Cc2ccc(F)cc2F)ccc1Br. The first-order valence-corrected chi connectivity index (χ1v) is 8.67. The summed E-state index contributed by atoms with van der Waals surface area (Å²) in [7, 11) is -3.60. The van der Waals surface area contributed by atoms with E-state index in [-0.39, 0.29) is 11.3 Å². The van der Waals surface area contributed by atoms with Gasteiger partial charge in [0.15, 0.2) is 9.84 Å². The van der Waals surface area contributed by atoms with Gasteiger partial charge in [-0.25, -0.2) is 17.2 Å². The van der Waals surface area contributed by atoms with Crippen LogP contribution in [0.15, 0.2) is 46.3 Å². The van der Waals surface area contributed by atoms with Crippen molar-refractivity contribution in [1.29, 1.82) is 0 Å². The van der Waals surface area contributed by atoms with Gasteiger partial charge in [0.25, 0.3) is 0 Å². The zero-order valence-corrected chi connectivity index (χ0v) is 13.7. The molecule has 0 atom stereocenters. The van der Waals surface area contributed by atoms with Crippen molar-refractivity contribution in [3.05, 3.63) is 69.0 Å². The summed E-state index contributed by atoms with van der Waals surface area (Å²) in [5.41, 5.74) is 6.64. The molecule has 2 aromatic rings. The van der Waals surface area contributed by atoms with Gasteiger partial charge in [0.1, 0.15) is 11.6 Å². The average molecular weight is 388 g/mol. The van der Waals surface area contributed by atoms with Gasteiger partial charge in [0.05, 0.1) is 5.75 Å². The fraction of sp³-hybridized carbons (Fsp3) is 0.0667. The number of rotatable bonds is 4. The Hall–Kier alpha value is -1.73. The van der Waals surface area contributed by atoms with Gasteiger partial charge in [-0.2, -0.15) is 0 Å². The molecule has 116 valence electrons. The van der Waals surface area contributed by atoms with Gasteiger partial charge in [-0.1, -0.05) is 6.07 Å². The molecule has 0 unspecified atom stereocenters. The molecular formula is C15H12BrF2NO2S. The second kappa shape index (κ2) is 6.58. The van der Waals surface area contributed by atoms with E-state index in [9.17, 15) is 17.2 Å². The summed E-state index contributed by atoms with van der Waals surface area (Å²) in [5, 5.41) is 0.904. The van der Waals surface area contributed by atoms with Crippen molar-refractivity contribution in [3.8, 4) is 0 Å². The van der Waals surface area contributed by atoms with Crippen LogP contribution in [-0.2, 0) is 15.6 Å². The molecule has 0 amide bonds. The third-order valence-electron chi connectivity index (χ3n) is 2.85. The quantitative estimate of drug-likeness (QED) is 0.809. The van der Waals surface area contributed by atoms with E-state index in [1.165, 1.54) is 6.07 Å². The van der Waals surface area contributed by atoms with Crippen LogP contribution in [0.2, 0.25) is 0 Å². The van der Waals surface area contributed by atoms with Crippen LogP contribution in [0, 0.1) is 11.6 Å². The molecule has 2 rings (SSSR count). The van der Waals surface area contributed by atoms with Crippen LogP contribution in [0.4, 0.5) is 14.5 Å². The van der Waals surface area contributed by atoms with Crippen molar-refractivity contribution < 1.29 is 17.2 Å². The van der Waals surface area contributed by atoms with E-state index in [1.807, 2.05) is 0 Å². The molecular weight excluding hydrogens is 376 g/mol. The number of hydrogen-bond donors (Lipinski definition) is 1. The third kappa shape index (κ3) is 4.38. The topological polar surface area (TPSA) is 60.2 Å². The lowest BCUT2D eigenvalue weighted by molar-refractivity contribution is 0.581. The largest absolute Gasteiger partial charge is 0.398 e. The molecule has 22 heavy (non-hydrogen) atoms. The van der Waals surface area contributed by atoms with Crippen molar-refractivity contribution in [3.63, 3.8) is 0 Å². The molecule has 0 fully saturated rings. The lowest BCUT2D eigenvalue weighted by atomic mass is 10.2. The van der Waals surface area contributed by atoms with E-state index in [0.717, 1.165) is 17.6 Å². The number of sulfone groups is 1. The Morgan fingerprint density at radius 3 is 2.50 bits per heavy atom. The van der Waals surface area contributed by atoms with Crippen LogP contribution in [-0.4, -0.2) is 8.42 Å². The summed E-state index contributed by atoms with van der Waals surface area (Å²) in [6, 6.07) is 7.77. The maximum atomic E-state index is 13.4. The van der Waals surface area contributed by atoms with Crippen molar-refractivity contribution in [1.82, 2.24) is 0 Å². The maximum Gasteiger partial charge on any atom is 0.175 e. The van der Waals surface area contributed by atoms with Crippen molar-refractivity contribution in [2.45, 2.75) is 5.75 Å². The normalized spacial score (nSPS) is 12.0. The Morgan fingerprint density at radius 2 is 1.86 bits per heavy atom. The van der Waals surface area contributed by atoms with Gasteiger partial charge < -0.3 is 5.73 Å². The Kier molecular flexibility index (Phi) is 4.97. The lowest BCUT2D eigenvalue weighted by Crippen LogP contribution is -2.01. The van der Waals surface area contributed by atoms with Crippen molar-refractivity contribution >= 4 is 37.5 Å². The fourth-order valence-corrected chi connectivity index (χ4v) is 3.12. The molecule has 0 spiro atoms. The number of nitrogens with two attached hydrogens (primary N) is 1. The molecule has 0 aliphatic carbocycles. The highest BCUT2D eigenvalue weighted by molar-refractivity contribution is 9.10. The Labute approximate surface area is 135 Å². The van der Waals surface area contributed by atoms with Gasteiger partial charge in [-0.05, 0) is 51.8 Å². The van der Waals surface area contributed by atoms with Crippen LogP contribution >= 0.6 is 15.9 Å². The molecule has 0 heterocycles. The highest BCUT2D eigenvalue weighted by Gasteiger charge is 2.10. The Morgan fingerprint density at radius 1 is 1.14 bits per heavy atom. The van der Waals surface area contributed by atoms with Crippen LogP contribution < -0.4 is 5.73 Å². The first-order chi connectivity index (χ1) is 10.3. The number of hydrogen-bond acceptors (Lipinski definition) is 3. The monoisotopic (exact) mass is 387 g/mol. The minimum atomic E-state index is -3.60. The Bertz CT molecular complexity index is 835. The predicted octanol–water partition coefficient (Wildman–Crippen LogP) is 3.90. The van der Waals surface area contributed by atoms with E-state index in [0.29, 0.717) is 21.8 Å². The maximum absolute atomic E-state index is 13.4. The van der Waals surface area contributed by atoms with E-state index >= 15 is 0 Å². The van der Waals surface area contributed by atoms with Crippen LogP contribution in [0.1, 0.15) is 11.1 Å². The number of benzene rings is 2. The zero-order chi connectivity index (χ0) is 16.3. The standard InChI is InChI=1S/C15H12BrF2NO2S/c16-13-4-1-10(7-15(13)19)9-22(20,21)6-5-11-2-3-12(17)8-14(11)18/h1-8H,9,19H2. The van der Waals surface area contributed by atoms with Gasteiger partial charge in [0.2, 0.25) is 0 Å². The summed E-state index contributed by atoms with van der Waals surface area (Å²) < 4.78 is 50.9. The first kappa shape index (κ1) is 16.6. The van der Waals surface area contributed by atoms with Gasteiger partial charge >= 0.3 is 0 Å². The molecule has 0 saturated heterocycles. The molecule has 0 aliphatic rings.